The summed E-state index contributed by atoms with van der Waals surface area (Å²) in [6.45, 7) is 0. The van der Waals surface area contributed by atoms with Gasteiger partial charge >= 0.3 is 0 Å². The monoisotopic (exact) mass is 629 g/mol. The van der Waals surface area contributed by atoms with Gasteiger partial charge in [0.1, 0.15) is 11.9 Å². The molecule has 10 rings (SSSR count). The van der Waals surface area contributed by atoms with Crippen molar-refractivity contribution < 1.29 is 4.74 Å². The predicted octanol–water partition coefficient (Wildman–Crippen LogP) is 10.5. The molecule has 4 nitrogen and oxygen atoms in total. The van der Waals surface area contributed by atoms with E-state index >= 15 is 0 Å². The van der Waals surface area contributed by atoms with Crippen LogP contribution in [0.4, 0.5) is 0 Å². The van der Waals surface area contributed by atoms with Crippen molar-refractivity contribution in [1.29, 1.82) is 0 Å². The molecule has 0 amide bonds. The second-order valence-corrected chi connectivity index (χ2v) is 13.0. The van der Waals surface area contributed by atoms with Crippen molar-refractivity contribution in [2.24, 2.45) is 5.92 Å². The zero-order chi connectivity index (χ0) is 32.3. The van der Waals surface area contributed by atoms with Gasteiger partial charge in [0.25, 0.3) is 0 Å². The van der Waals surface area contributed by atoms with E-state index in [1.54, 1.807) is 0 Å². The summed E-state index contributed by atoms with van der Waals surface area (Å²) in [6.07, 6.45) is 20.3. The van der Waals surface area contributed by atoms with E-state index in [4.69, 9.17) is 19.7 Å². The summed E-state index contributed by atoms with van der Waals surface area (Å²) in [5.74, 6) is 3.32. The molecule has 232 valence electrons. The molecule has 0 bridgehead atoms. The van der Waals surface area contributed by atoms with Crippen molar-refractivity contribution in [2.75, 3.05) is 0 Å². The first-order valence-electron chi connectivity index (χ1n) is 17.0. The first-order valence-corrected chi connectivity index (χ1v) is 17.0. The maximum absolute atomic E-state index is 6.90. The molecule has 4 heteroatoms. The summed E-state index contributed by atoms with van der Waals surface area (Å²) in [4.78, 5) is 15.4. The molecule has 0 saturated heterocycles. The zero-order valence-electron chi connectivity index (χ0n) is 26.7. The molecule has 0 N–H and O–H groups in total. The molecule has 0 spiro atoms. The molecule has 6 aromatic rings. The molecule has 0 fully saturated rings. The van der Waals surface area contributed by atoms with Gasteiger partial charge in [-0.15, -0.1) is 0 Å². The fraction of sp³-hybridized carbons (Fsp3) is 0.0889. The Bertz CT molecular complexity index is 2520. The van der Waals surface area contributed by atoms with E-state index in [1.165, 1.54) is 32.7 Å². The quantitative estimate of drug-likeness (QED) is 0.182. The molecular formula is C45H31N3O. The molecule has 5 aromatic carbocycles. The van der Waals surface area contributed by atoms with Crippen molar-refractivity contribution in [3.63, 3.8) is 0 Å². The topological polar surface area (TPSA) is 47.9 Å². The Labute approximate surface area is 284 Å². The van der Waals surface area contributed by atoms with Gasteiger partial charge < -0.3 is 4.74 Å². The summed E-state index contributed by atoms with van der Waals surface area (Å²) >= 11 is 0. The van der Waals surface area contributed by atoms with Gasteiger partial charge in [-0.2, -0.15) is 0 Å². The van der Waals surface area contributed by atoms with Crippen LogP contribution in [0, 0.1) is 5.92 Å². The number of hydrogen-bond donors (Lipinski definition) is 0. The molecule has 3 unspecified atom stereocenters. The average molecular weight is 630 g/mol. The molecule has 0 radical (unpaired) electrons. The highest BCUT2D eigenvalue weighted by atomic mass is 16.5. The molecule has 4 aliphatic rings. The number of allylic oxidation sites excluding steroid dienone is 10. The Balaban J connectivity index is 1.12. The third-order valence-corrected chi connectivity index (χ3v) is 10.2. The van der Waals surface area contributed by atoms with E-state index in [1.807, 2.05) is 18.2 Å². The highest BCUT2D eigenvalue weighted by Crippen LogP contribution is 2.52. The third-order valence-electron chi connectivity index (χ3n) is 10.2. The Hall–Kier alpha value is -6.13. The molecule has 49 heavy (non-hydrogen) atoms. The number of rotatable bonds is 4. The van der Waals surface area contributed by atoms with Crippen LogP contribution in [-0.4, -0.2) is 21.1 Å². The number of para-hydroxylation sites is 1. The van der Waals surface area contributed by atoms with E-state index in [-0.39, 0.29) is 12.0 Å². The Morgan fingerprint density at radius 1 is 0.633 bits per heavy atom. The molecule has 3 aliphatic carbocycles. The highest BCUT2D eigenvalue weighted by molar-refractivity contribution is 6.14. The SMILES string of the molecule is C1=CC2=CC(c3nc(C4=CC=CC5Oc6c(-c7cc8ccccc8c8ccccc78)cccc6C45)nc(-c4ccccc4)n3)=CCC2C=C1. The minimum atomic E-state index is -0.167. The van der Waals surface area contributed by atoms with E-state index in [0.29, 0.717) is 23.4 Å². The molecule has 0 saturated carbocycles. The average Bonchev–Trinajstić information content (AvgIpc) is 3.57. The lowest BCUT2D eigenvalue weighted by Gasteiger charge is -2.23. The van der Waals surface area contributed by atoms with Crippen LogP contribution in [0.1, 0.15) is 29.6 Å². The van der Waals surface area contributed by atoms with Crippen molar-refractivity contribution in [2.45, 2.75) is 18.4 Å². The van der Waals surface area contributed by atoms with Crippen LogP contribution in [0.15, 0.2) is 163 Å². The Morgan fingerprint density at radius 3 is 2.35 bits per heavy atom. The second-order valence-electron chi connectivity index (χ2n) is 13.0. The lowest BCUT2D eigenvalue weighted by Crippen LogP contribution is -2.21. The summed E-state index contributed by atoms with van der Waals surface area (Å²) < 4.78 is 6.90. The molecular weight excluding hydrogens is 599 g/mol. The second kappa shape index (κ2) is 11.2. The van der Waals surface area contributed by atoms with Gasteiger partial charge in [-0.05, 0) is 57.3 Å². The van der Waals surface area contributed by atoms with E-state index in [2.05, 4.69) is 140 Å². The van der Waals surface area contributed by atoms with Crippen LogP contribution < -0.4 is 4.74 Å². The standard InChI is InChI=1S/C45H31N3O/c1-2-13-29(14-3-1)43-46-44(32-25-24-28-12-4-5-15-30(28)26-32)48-45(47-43)38-22-11-23-40-41(38)37-21-10-20-36(42(37)49-40)39-27-31-16-6-7-17-33(31)34-18-8-9-19-35(34)39/h1-23,25-28,40-41H,24H2. The lowest BCUT2D eigenvalue weighted by molar-refractivity contribution is 0.272. The van der Waals surface area contributed by atoms with Crippen molar-refractivity contribution in [1.82, 2.24) is 15.0 Å². The van der Waals surface area contributed by atoms with E-state index < -0.39 is 0 Å². The van der Waals surface area contributed by atoms with E-state index in [9.17, 15) is 0 Å². The number of fused-ring (bicyclic) bond motifs is 7. The normalized spacial score (nSPS) is 20.2. The van der Waals surface area contributed by atoms with Gasteiger partial charge in [-0.25, -0.2) is 15.0 Å². The molecule has 2 heterocycles. The smallest absolute Gasteiger partial charge is 0.164 e. The maximum atomic E-state index is 6.90. The highest BCUT2D eigenvalue weighted by Gasteiger charge is 2.40. The Kier molecular flexibility index (Phi) is 6.41. The summed E-state index contributed by atoms with van der Waals surface area (Å²) in [5.41, 5.74) is 7.75. The fourth-order valence-electron chi connectivity index (χ4n) is 7.85. The summed E-state index contributed by atoms with van der Waals surface area (Å²) in [7, 11) is 0. The largest absolute Gasteiger partial charge is 0.484 e. The minimum absolute atomic E-state index is 0.0555. The number of nitrogens with zero attached hydrogens (tertiary/aromatic N) is 3. The van der Waals surface area contributed by atoms with Crippen LogP contribution in [-0.2, 0) is 0 Å². The number of hydrogen-bond acceptors (Lipinski definition) is 4. The van der Waals surface area contributed by atoms with Crippen LogP contribution >= 0.6 is 0 Å². The summed E-state index contributed by atoms with van der Waals surface area (Å²) in [6, 6.07) is 36.4. The number of benzene rings is 5. The first-order chi connectivity index (χ1) is 24.3. The van der Waals surface area contributed by atoms with E-state index in [0.717, 1.165) is 40.0 Å². The van der Waals surface area contributed by atoms with Crippen molar-refractivity contribution in [3.05, 3.63) is 181 Å². The van der Waals surface area contributed by atoms with Gasteiger partial charge in [0.2, 0.25) is 0 Å². The van der Waals surface area contributed by atoms with Gasteiger partial charge in [-0.3, -0.25) is 0 Å². The first kappa shape index (κ1) is 27.9. The minimum Gasteiger partial charge on any atom is -0.484 e. The van der Waals surface area contributed by atoms with Gasteiger partial charge in [0.15, 0.2) is 17.5 Å². The van der Waals surface area contributed by atoms with Crippen molar-refractivity contribution >= 4 is 32.7 Å². The molecule has 1 aliphatic heterocycles. The van der Waals surface area contributed by atoms with Crippen LogP contribution in [0.2, 0.25) is 0 Å². The maximum Gasteiger partial charge on any atom is 0.164 e. The number of aromatic nitrogens is 3. The van der Waals surface area contributed by atoms with Gasteiger partial charge in [-0.1, -0.05) is 140 Å². The zero-order valence-corrected chi connectivity index (χ0v) is 26.7. The van der Waals surface area contributed by atoms with Crippen LogP contribution in [0.5, 0.6) is 5.75 Å². The van der Waals surface area contributed by atoms with Gasteiger partial charge in [0.05, 0.1) is 5.92 Å². The third kappa shape index (κ3) is 4.63. The summed E-state index contributed by atoms with van der Waals surface area (Å²) in [5, 5.41) is 4.93. The molecule has 1 aromatic heterocycles. The van der Waals surface area contributed by atoms with Crippen LogP contribution in [0.3, 0.4) is 0 Å². The number of ether oxygens (including phenoxy) is 1. The van der Waals surface area contributed by atoms with Crippen LogP contribution in [0.25, 0.3) is 55.2 Å². The van der Waals surface area contributed by atoms with Crippen molar-refractivity contribution in [3.8, 4) is 28.3 Å². The fourth-order valence-corrected chi connectivity index (χ4v) is 7.85. The Morgan fingerprint density at radius 2 is 1.43 bits per heavy atom. The molecule has 3 atom stereocenters. The lowest BCUT2D eigenvalue weighted by atomic mass is 9.83. The predicted molar refractivity (Wildman–Crippen MR) is 199 cm³/mol. The van der Waals surface area contributed by atoms with Gasteiger partial charge in [0, 0.05) is 33.8 Å².